The maximum Gasteiger partial charge on any atom is 0.228 e. The molecule has 1 atom stereocenters. The summed E-state index contributed by atoms with van der Waals surface area (Å²) in [4.78, 5) is 12.4. The van der Waals surface area contributed by atoms with Crippen LogP contribution >= 0.6 is 11.6 Å². The van der Waals surface area contributed by atoms with Crippen LogP contribution in [0.2, 0.25) is 5.02 Å². The van der Waals surface area contributed by atoms with Gasteiger partial charge in [0.1, 0.15) is 9.84 Å². The lowest BCUT2D eigenvalue weighted by atomic mass is 9.96. The Morgan fingerprint density at radius 3 is 2.67 bits per heavy atom. The molecule has 1 amide bonds. The number of sulfone groups is 1. The van der Waals surface area contributed by atoms with Gasteiger partial charge in [-0.05, 0) is 49.3 Å². The zero-order valence-electron chi connectivity index (χ0n) is 11.9. The van der Waals surface area contributed by atoms with E-state index in [0.717, 1.165) is 17.7 Å². The average Bonchev–Trinajstić information content (AvgIpc) is 3.13. The highest BCUT2D eigenvalue weighted by Crippen LogP contribution is 2.60. The molecule has 1 unspecified atom stereocenters. The number of carbonyl (C=O) groups excluding carboxylic acids is 1. The highest BCUT2D eigenvalue weighted by atomic mass is 35.5. The number of carbonyl (C=O) groups is 1. The summed E-state index contributed by atoms with van der Waals surface area (Å²) in [5, 5.41) is 3.52. The van der Waals surface area contributed by atoms with E-state index in [1.165, 1.54) is 0 Å². The lowest BCUT2D eigenvalue weighted by Gasteiger charge is -2.22. The van der Waals surface area contributed by atoms with E-state index in [4.69, 9.17) is 11.6 Å². The summed E-state index contributed by atoms with van der Waals surface area (Å²) in [7, 11) is -2.88. The van der Waals surface area contributed by atoms with Crippen molar-refractivity contribution in [1.82, 2.24) is 0 Å². The van der Waals surface area contributed by atoms with Crippen molar-refractivity contribution in [3.63, 3.8) is 0 Å². The van der Waals surface area contributed by atoms with E-state index in [2.05, 4.69) is 5.32 Å². The van der Waals surface area contributed by atoms with Crippen LogP contribution in [-0.2, 0) is 14.6 Å². The number of nitrogens with one attached hydrogen (secondary N) is 1. The van der Waals surface area contributed by atoms with E-state index < -0.39 is 9.84 Å². The van der Waals surface area contributed by atoms with Crippen LogP contribution < -0.4 is 5.32 Å². The zero-order chi connectivity index (χ0) is 15.3. The van der Waals surface area contributed by atoms with E-state index in [9.17, 15) is 13.2 Å². The van der Waals surface area contributed by atoms with Gasteiger partial charge < -0.3 is 5.32 Å². The minimum Gasteiger partial charge on any atom is -0.326 e. The maximum atomic E-state index is 12.4. The largest absolute Gasteiger partial charge is 0.326 e. The van der Waals surface area contributed by atoms with Crippen molar-refractivity contribution in [3.8, 4) is 0 Å². The fraction of sp³-hybridized carbons (Fsp3) is 0.533. The molecular weight excluding hydrogens is 310 g/mol. The van der Waals surface area contributed by atoms with Crippen molar-refractivity contribution >= 4 is 33.0 Å². The second-order valence-electron chi connectivity index (χ2n) is 6.22. The van der Waals surface area contributed by atoms with Gasteiger partial charge in [0.05, 0.1) is 11.5 Å². The summed E-state index contributed by atoms with van der Waals surface area (Å²) in [5.74, 6) is 0.353. The minimum absolute atomic E-state index is 0.0142. The van der Waals surface area contributed by atoms with Crippen LogP contribution in [-0.4, -0.2) is 25.8 Å². The highest BCUT2D eigenvalue weighted by Gasteiger charge is 2.59. The Morgan fingerprint density at radius 2 is 2.00 bits per heavy atom. The van der Waals surface area contributed by atoms with Crippen LogP contribution in [0.5, 0.6) is 0 Å². The molecule has 1 aromatic rings. The van der Waals surface area contributed by atoms with Gasteiger partial charge in [0.15, 0.2) is 0 Å². The van der Waals surface area contributed by atoms with Gasteiger partial charge in [-0.2, -0.15) is 0 Å². The van der Waals surface area contributed by atoms with Gasteiger partial charge in [-0.25, -0.2) is 8.42 Å². The summed E-state index contributed by atoms with van der Waals surface area (Å²) in [5.41, 5.74) is 1.62. The quantitative estimate of drug-likeness (QED) is 0.908. The van der Waals surface area contributed by atoms with Gasteiger partial charge in [-0.15, -0.1) is 0 Å². The van der Waals surface area contributed by atoms with Crippen molar-refractivity contribution in [2.75, 3.05) is 16.8 Å². The number of benzene rings is 1. The van der Waals surface area contributed by atoms with Crippen LogP contribution in [0.3, 0.4) is 0 Å². The van der Waals surface area contributed by atoms with Gasteiger partial charge in [0, 0.05) is 16.6 Å². The standard InChI is InChI=1S/C15H18ClNO3S/c1-10-2-3-11(16)8-13(10)17-14(18)12-9-15(12)4-6-21(19,20)7-5-15/h2-3,8,12H,4-7,9H2,1H3,(H,17,18). The predicted octanol–water partition coefficient (Wildman–Crippen LogP) is 2.80. The summed E-state index contributed by atoms with van der Waals surface area (Å²) in [6.07, 6.45) is 2.03. The highest BCUT2D eigenvalue weighted by molar-refractivity contribution is 7.91. The van der Waals surface area contributed by atoms with Crippen LogP contribution in [0, 0.1) is 18.3 Å². The summed E-state index contributed by atoms with van der Waals surface area (Å²) in [6.45, 7) is 1.92. The van der Waals surface area contributed by atoms with Crippen molar-refractivity contribution in [2.24, 2.45) is 11.3 Å². The van der Waals surface area contributed by atoms with E-state index in [0.29, 0.717) is 17.9 Å². The number of rotatable bonds is 2. The molecule has 0 bridgehead atoms. The fourth-order valence-corrected chi connectivity index (χ4v) is 4.98. The van der Waals surface area contributed by atoms with Crippen LogP contribution in [0.4, 0.5) is 5.69 Å². The molecule has 1 saturated carbocycles. The molecule has 1 aromatic carbocycles. The van der Waals surface area contributed by atoms with E-state index in [1.54, 1.807) is 12.1 Å². The first kappa shape index (κ1) is 14.9. The van der Waals surface area contributed by atoms with Crippen molar-refractivity contribution < 1.29 is 13.2 Å². The second kappa shape index (κ2) is 4.99. The van der Waals surface area contributed by atoms with Crippen LogP contribution in [0.25, 0.3) is 0 Å². The number of hydrogen-bond donors (Lipinski definition) is 1. The molecule has 6 heteroatoms. The van der Waals surface area contributed by atoms with Crippen molar-refractivity contribution in [3.05, 3.63) is 28.8 Å². The number of hydrogen-bond acceptors (Lipinski definition) is 3. The SMILES string of the molecule is Cc1ccc(Cl)cc1NC(=O)C1CC12CCS(=O)(=O)CC2. The van der Waals surface area contributed by atoms with E-state index in [-0.39, 0.29) is 28.7 Å². The molecule has 2 fully saturated rings. The Morgan fingerprint density at radius 1 is 1.33 bits per heavy atom. The lowest BCUT2D eigenvalue weighted by Crippen LogP contribution is -2.28. The van der Waals surface area contributed by atoms with Crippen LogP contribution in [0.1, 0.15) is 24.8 Å². The summed E-state index contributed by atoms with van der Waals surface area (Å²) < 4.78 is 23.0. The number of amides is 1. The monoisotopic (exact) mass is 327 g/mol. The molecular formula is C15H18ClNO3S. The zero-order valence-corrected chi connectivity index (χ0v) is 13.4. The third kappa shape index (κ3) is 2.94. The lowest BCUT2D eigenvalue weighted by molar-refractivity contribution is -0.118. The summed E-state index contributed by atoms with van der Waals surface area (Å²) >= 11 is 5.95. The number of halogens is 1. The Labute approximate surface area is 129 Å². The molecule has 1 aliphatic carbocycles. The fourth-order valence-electron chi connectivity index (χ4n) is 3.16. The average molecular weight is 328 g/mol. The molecule has 1 aliphatic heterocycles. The smallest absolute Gasteiger partial charge is 0.228 e. The maximum absolute atomic E-state index is 12.4. The molecule has 1 saturated heterocycles. The molecule has 0 radical (unpaired) electrons. The number of anilines is 1. The second-order valence-corrected chi connectivity index (χ2v) is 8.96. The first-order valence-corrected chi connectivity index (χ1v) is 9.29. The molecule has 1 heterocycles. The molecule has 21 heavy (non-hydrogen) atoms. The van der Waals surface area contributed by atoms with Crippen molar-refractivity contribution in [1.29, 1.82) is 0 Å². The Balaban J connectivity index is 1.67. The Kier molecular flexibility index (Phi) is 3.53. The molecule has 3 rings (SSSR count). The molecule has 1 N–H and O–H groups in total. The van der Waals surface area contributed by atoms with Gasteiger partial charge in [0.2, 0.25) is 5.91 Å². The third-order valence-corrected chi connectivity index (χ3v) is 6.67. The molecule has 114 valence electrons. The molecule has 2 aliphatic rings. The summed E-state index contributed by atoms with van der Waals surface area (Å²) in [6, 6.07) is 5.40. The molecule has 4 nitrogen and oxygen atoms in total. The van der Waals surface area contributed by atoms with Gasteiger partial charge in [-0.1, -0.05) is 17.7 Å². The van der Waals surface area contributed by atoms with Gasteiger partial charge in [0.25, 0.3) is 0 Å². The van der Waals surface area contributed by atoms with Gasteiger partial charge >= 0.3 is 0 Å². The third-order valence-electron chi connectivity index (χ3n) is 4.79. The topological polar surface area (TPSA) is 63.2 Å². The van der Waals surface area contributed by atoms with E-state index >= 15 is 0 Å². The first-order chi connectivity index (χ1) is 9.81. The van der Waals surface area contributed by atoms with Gasteiger partial charge in [-0.3, -0.25) is 4.79 Å². The van der Waals surface area contributed by atoms with Crippen LogP contribution in [0.15, 0.2) is 18.2 Å². The first-order valence-electron chi connectivity index (χ1n) is 7.09. The number of aryl methyl sites for hydroxylation is 1. The van der Waals surface area contributed by atoms with Crippen molar-refractivity contribution in [2.45, 2.75) is 26.2 Å². The molecule has 1 spiro atoms. The Hall–Kier alpha value is -1.07. The Bertz CT molecular complexity index is 685. The normalized spacial score (nSPS) is 25.5. The predicted molar refractivity (Wildman–Crippen MR) is 83.2 cm³/mol. The van der Waals surface area contributed by atoms with E-state index in [1.807, 2.05) is 13.0 Å². The molecule has 0 aromatic heterocycles. The minimum atomic E-state index is -2.88.